The monoisotopic (exact) mass is 477 g/mol. The Hall–Kier alpha value is -3.16. The fourth-order valence-corrected chi connectivity index (χ4v) is 5.07. The van der Waals surface area contributed by atoms with Crippen LogP contribution in [0.1, 0.15) is 15.4 Å². The topological polar surface area (TPSA) is 61.4 Å². The number of anilines is 2. The lowest BCUT2D eigenvalue weighted by atomic mass is 10.1. The van der Waals surface area contributed by atoms with Crippen molar-refractivity contribution in [2.45, 2.75) is 6.42 Å². The molecule has 1 N–H and O–H groups in total. The molecule has 6 nitrogen and oxygen atoms in total. The van der Waals surface area contributed by atoms with Crippen molar-refractivity contribution in [1.82, 2.24) is 15.5 Å². The maximum atomic E-state index is 12.9. The SMILES string of the molecule is O=C(NCCc1cccs1)c1nnc(N2CCN(c3cccc(Cl)c3)CC2)c2ccccc12. The molecule has 0 unspecified atom stereocenters. The number of halogens is 1. The first-order valence-corrected chi connectivity index (χ1v) is 12.3. The minimum Gasteiger partial charge on any atom is -0.368 e. The molecule has 8 heteroatoms. The van der Waals surface area contributed by atoms with E-state index in [4.69, 9.17) is 11.6 Å². The summed E-state index contributed by atoms with van der Waals surface area (Å²) in [5.41, 5.74) is 1.51. The van der Waals surface area contributed by atoms with E-state index < -0.39 is 0 Å². The van der Waals surface area contributed by atoms with Crippen molar-refractivity contribution >= 4 is 51.1 Å². The summed E-state index contributed by atoms with van der Waals surface area (Å²) in [5, 5.41) is 16.4. The smallest absolute Gasteiger partial charge is 0.272 e. The maximum absolute atomic E-state index is 12.9. The van der Waals surface area contributed by atoms with Crippen LogP contribution in [0.4, 0.5) is 11.5 Å². The fraction of sp³-hybridized carbons (Fsp3) is 0.240. The number of piperazine rings is 1. The van der Waals surface area contributed by atoms with E-state index in [1.165, 1.54) is 4.88 Å². The van der Waals surface area contributed by atoms with Crippen LogP contribution in [0.5, 0.6) is 0 Å². The lowest BCUT2D eigenvalue weighted by Gasteiger charge is -2.37. The Balaban J connectivity index is 1.31. The summed E-state index contributed by atoms with van der Waals surface area (Å²) < 4.78 is 0. The Labute approximate surface area is 201 Å². The molecule has 1 saturated heterocycles. The molecule has 2 aromatic carbocycles. The Kier molecular flexibility index (Phi) is 6.41. The minimum atomic E-state index is -0.187. The lowest BCUT2D eigenvalue weighted by molar-refractivity contribution is 0.0950. The number of carbonyl (C=O) groups is 1. The van der Waals surface area contributed by atoms with Gasteiger partial charge in [0.15, 0.2) is 11.5 Å². The maximum Gasteiger partial charge on any atom is 0.272 e. The van der Waals surface area contributed by atoms with Gasteiger partial charge in [0.2, 0.25) is 0 Å². The first-order valence-electron chi connectivity index (χ1n) is 11.0. The molecule has 0 radical (unpaired) electrons. The third-order valence-electron chi connectivity index (χ3n) is 5.87. The highest BCUT2D eigenvalue weighted by atomic mass is 35.5. The average molecular weight is 478 g/mol. The van der Waals surface area contributed by atoms with Crippen LogP contribution in [0.3, 0.4) is 0 Å². The van der Waals surface area contributed by atoms with Gasteiger partial charge in [-0.2, -0.15) is 0 Å². The molecule has 1 aliphatic rings. The second-order valence-corrected chi connectivity index (χ2v) is 9.43. The quantitative estimate of drug-likeness (QED) is 0.438. The molecule has 4 aromatic rings. The van der Waals surface area contributed by atoms with Crippen LogP contribution < -0.4 is 15.1 Å². The number of benzene rings is 2. The van der Waals surface area contributed by atoms with Crippen LogP contribution in [0, 0.1) is 0 Å². The number of rotatable bonds is 6. The number of hydrogen-bond acceptors (Lipinski definition) is 6. The number of thiophene rings is 1. The number of nitrogens with one attached hydrogen (secondary N) is 1. The summed E-state index contributed by atoms with van der Waals surface area (Å²) >= 11 is 7.86. The highest BCUT2D eigenvalue weighted by Gasteiger charge is 2.23. The predicted octanol–water partition coefficient (Wildman–Crippen LogP) is 4.64. The number of amides is 1. The summed E-state index contributed by atoms with van der Waals surface area (Å²) in [5.74, 6) is 0.638. The van der Waals surface area contributed by atoms with Crippen molar-refractivity contribution in [2.75, 3.05) is 42.5 Å². The van der Waals surface area contributed by atoms with E-state index in [9.17, 15) is 4.79 Å². The zero-order valence-corrected chi connectivity index (χ0v) is 19.6. The molecular formula is C25H24ClN5OS. The predicted molar refractivity (Wildman–Crippen MR) is 136 cm³/mol. The van der Waals surface area contributed by atoms with Gasteiger partial charge in [-0.25, -0.2) is 0 Å². The van der Waals surface area contributed by atoms with Crippen molar-refractivity contribution in [1.29, 1.82) is 0 Å². The Morgan fingerprint density at radius 2 is 1.73 bits per heavy atom. The molecule has 3 heterocycles. The van der Waals surface area contributed by atoms with Crippen LogP contribution in [-0.4, -0.2) is 48.8 Å². The molecular weight excluding hydrogens is 454 g/mol. The van der Waals surface area contributed by atoms with Crippen LogP contribution in [0.2, 0.25) is 5.02 Å². The molecule has 0 saturated carbocycles. The number of fused-ring (bicyclic) bond motifs is 1. The van der Waals surface area contributed by atoms with Gasteiger partial charge in [-0.1, -0.05) is 48.0 Å². The molecule has 2 aromatic heterocycles. The summed E-state index contributed by atoms with van der Waals surface area (Å²) in [6.45, 7) is 3.93. The van der Waals surface area contributed by atoms with Gasteiger partial charge in [0.05, 0.1) is 0 Å². The minimum absolute atomic E-state index is 0.187. The molecule has 0 atom stereocenters. The van der Waals surface area contributed by atoms with Crippen LogP contribution in [0.25, 0.3) is 10.8 Å². The fourth-order valence-electron chi connectivity index (χ4n) is 4.18. The van der Waals surface area contributed by atoms with Crippen molar-refractivity contribution in [3.05, 3.63) is 81.6 Å². The van der Waals surface area contributed by atoms with Crippen LogP contribution >= 0.6 is 22.9 Å². The molecule has 1 fully saturated rings. The van der Waals surface area contributed by atoms with Gasteiger partial charge in [0.1, 0.15) is 0 Å². The van der Waals surface area contributed by atoms with Gasteiger partial charge in [0, 0.05) is 59.1 Å². The third kappa shape index (κ3) is 4.79. The summed E-state index contributed by atoms with van der Waals surface area (Å²) in [7, 11) is 0. The average Bonchev–Trinajstić information content (AvgIpc) is 3.37. The molecule has 0 spiro atoms. The van der Waals surface area contributed by atoms with Gasteiger partial charge in [-0.05, 0) is 36.1 Å². The molecule has 168 valence electrons. The Bertz CT molecular complexity index is 1250. The van der Waals surface area contributed by atoms with Gasteiger partial charge in [-0.3, -0.25) is 4.79 Å². The number of hydrogen-bond donors (Lipinski definition) is 1. The van der Waals surface area contributed by atoms with Crippen LogP contribution in [-0.2, 0) is 6.42 Å². The number of carbonyl (C=O) groups excluding carboxylic acids is 1. The first-order chi connectivity index (χ1) is 16.2. The number of aromatic nitrogens is 2. The molecule has 5 rings (SSSR count). The van der Waals surface area contributed by atoms with Crippen molar-refractivity contribution in [2.24, 2.45) is 0 Å². The molecule has 33 heavy (non-hydrogen) atoms. The first kappa shape index (κ1) is 21.7. The molecule has 1 aliphatic heterocycles. The second kappa shape index (κ2) is 9.77. The van der Waals surface area contributed by atoms with Gasteiger partial charge >= 0.3 is 0 Å². The lowest BCUT2D eigenvalue weighted by Crippen LogP contribution is -2.47. The van der Waals surface area contributed by atoms with E-state index in [2.05, 4.69) is 37.4 Å². The number of nitrogens with zero attached hydrogens (tertiary/aromatic N) is 4. The van der Waals surface area contributed by atoms with E-state index in [-0.39, 0.29) is 5.91 Å². The summed E-state index contributed by atoms with van der Waals surface area (Å²) in [6, 6.07) is 19.9. The highest BCUT2D eigenvalue weighted by molar-refractivity contribution is 7.09. The van der Waals surface area contributed by atoms with Gasteiger partial charge in [-0.15, -0.1) is 21.5 Å². The van der Waals surface area contributed by atoms with Gasteiger partial charge < -0.3 is 15.1 Å². The zero-order chi connectivity index (χ0) is 22.6. The van der Waals surface area contributed by atoms with E-state index in [0.29, 0.717) is 12.2 Å². The van der Waals surface area contributed by atoms with E-state index >= 15 is 0 Å². The van der Waals surface area contributed by atoms with Crippen LogP contribution in [0.15, 0.2) is 66.0 Å². The Morgan fingerprint density at radius 3 is 2.48 bits per heavy atom. The molecule has 0 bridgehead atoms. The standard InChI is InChI=1S/C25H24ClN5OS/c26-18-5-3-6-19(17-18)30-12-14-31(15-13-30)24-22-9-2-1-8-21(22)23(28-29-24)25(32)27-11-10-20-7-4-16-33-20/h1-9,16-17H,10-15H2,(H,27,32). The molecule has 0 aliphatic carbocycles. The zero-order valence-electron chi connectivity index (χ0n) is 18.1. The van der Waals surface area contributed by atoms with E-state index in [1.807, 2.05) is 53.9 Å². The summed E-state index contributed by atoms with van der Waals surface area (Å²) in [6.07, 6.45) is 0.809. The third-order valence-corrected chi connectivity index (χ3v) is 7.04. The van der Waals surface area contributed by atoms with Crippen molar-refractivity contribution in [3.63, 3.8) is 0 Å². The largest absolute Gasteiger partial charge is 0.368 e. The highest BCUT2D eigenvalue weighted by Crippen LogP contribution is 2.28. The normalized spacial score (nSPS) is 14.0. The van der Waals surface area contributed by atoms with Crippen molar-refractivity contribution < 1.29 is 4.79 Å². The van der Waals surface area contributed by atoms with Crippen molar-refractivity contribution in [3.8, 4) is 0 Å². The van der Waals surface area contributed by atoms with E-state index in [1.54, 1.807) is 11.3 Å². The summed E-state index contributed by atoms with van der Waals surface area (Å²) in [4.78, 5) is 18.7. The van der Waals surface area contributed by atoms with Gasteiger partial charge in [0.25, 0.3) is 5.91 Å². The second-order valence-electron chi connectivity index (χ2n) is 7.96. The van der Waals surface area contributed by atoms with E-state index in [0.717, 1.165) is 59.9 Å². The molecule has 1 amide bonds. The Morgan fingerprint density at radius 1 is 0.939 bits per heavy atom.